The summed E-state index contributed by atoms with van der Waals surface area (Å²) in [5.41, 5.74) is -0.241. The van der Waals surface area contributed by atoms with Crippen LogP contribution in [0.15, 0.2) is 23.1 Å². The van der Waals surface area contributed by atoms with E-state index >= 15 is 0 Å². The highest BCUT2D eigenvalue weighted by Gasteiger charge is 2.28. The summed E-state index contributed by atoms with van der Waals surface area (Å²) in [6.45, 7) is 1.65. The van der Waals surface area contributed by atoms with Crippen molar-refractivity contribution >= 4 is 16.0 Å². The van der Waals surface area contributed by atoms with Gasteiger partial charge in [0.1, 0.15) is 5.82 Å². The van der Waals surface area contributed by atoms with Crippen LogP contribution < -0.4 is 0 Å². The molecule has 0 bridgehead atoms. The molecule has 0 aromatic heterocycles. The van der Waals surface area contributed by atoms with Gasteiger partial charge in [-0.2, -0.15) is 9.57 Å². The Morgan fingerprint density at radius 2 is 2.14 bits per heavy atom. The van der Waals surface area contributed by atoms with Crippen LogP contribution in [0.3, 0.4) is 0 Å². The number of esters is 1. The minimum atomic E-state index is -4.09. The Morgan fingerprint density at radius 1 is 1.48 bits per heavy atom. The Hall–Kier alpha value is -1.98. The molecule has 1 aromatic carbocycles. The Labute approximate surface area is 122 Å². The van der Waals surface area contributed by atoms with Crippen molar-refractivity contribution in [3.05, 3.63) is 29.6 Å². The molecule has 0 amide bonds. The molecule has 0 radical (unpaired) electrons. The molecule has 21 heavy (non-hydrogen) atoms. The lowest BCUT2D eigenvalue weighted by atomic mass is 10.2. The normalized spacial score (nSPS) is 11.2. The van der Waals surface area contributed by atoms with Gasteiger partial charge < -0.3 is 4.74 Å². The van der Waals surface area contributed by atoms with E-state index in [2.05, 4.69) is 4.74 Å². The Kier molecular flexibility index (Phi) is 5.81. The standard InChI is InChI=1S/C13H15FN2O4S/c1-3-16(8-4-7-15)21(18,19)12-9-10(14)5-6-11(12)13(17)20-2/h5-6,9H,3-4,8H2,1-2H3. The number of nitrogens with zero attached hydrogens (tertiary/aromatic N) is 2. The average Bonchev–Trinajstić information content (AvgIpc) is 2.47. The van der Waals surface area contributed by atoms with Crippen LogP contribution in [-0.2, 0) is 14.8 Å². The smallest absolute Gasteiger partial charge is 0.339 e. The highest BCUT2D eigenvalue weighted by atomic mass is 32.2. The number of carbonyl (C=O) groups is 1. The van der Waals surface area contributed by atoms with Crippen molar-refractivity contribution in [1.82, 2.24) is 4.31 Å². The third-order valence-electron chi connectivity index (χ3n) is 2.79. The maximum absolute atomic E-state index is 13.4. The summed E-state index contributed by atoms with van der Waals surface area (Å²) in [6.07, 6.45) is -0.00402. The van der Waals surface area contributed by atoms with E-state index in [1.807, 2.05) is 6.07 Å². The van der Waals surface area contributed by atoms with Crippen LogP contribution in [0.1, 0.15) is 23.7 Å². The number of sulfonamides is 1. The van der Waals surface area contributed by atoms with Crippen LogP contribution >= 0.6 is 0 Å². The fourth-order valence-electron chi connectivity index (χ4n) is 1.75. The number of hydrogen-bond acceptors (Lipinski definition) is 5. The number of halogens is 1. The van der Waals surface area contributed by atoms with Crippen LogP contribution in [0.2, 0.25) is 0 Å². The zero-order chi connectivity index (χ0) is 16.0. The molecule has 0 aliphatic carbocycles. The first-order valence-corrected chi connectivity index (χ1v) is 7.57. The van der Waals surface area contributed by atoms with Crippen LogP contribution in [-0.4, -0.2) is 38.9 Å². The van der Waals surface area contributed by atoms with E-state index in [1.165, 1.54) is 0 Å². The van der Waals surface area contributed by atoms with Crippen LogP contribution in [0.4, 0.5) is 4.39 Å². The largest absolute Gasteiger partial charge is 0.465 e. The minimum Gasteiger partial charge on any atom is -0.465 e. The lowest BCUT2D eigenvalue weighted by Gasteiger charge is -2.20. The summed E-state index contributed by atoms with van der Waals surface area (Å²) < 4.78 is 43.9. The lowest BCUT2D eigenvalue weighted by molar-refractivity contribution is 0.0596. The van der Waals surface area contributed by atoms with E-state index < -0.39 is 26.7 Å². The van der Waals surface area contributed by atoms with Gasteiger partial charge in [-0.1, -0.05) is 6.92 Å². The molecule has 0 unspecified atom stereocenters. The number of rotatable bonds is 6. The Bertz CT molecular complexity index is 667. The molecular formula is C13H15FN2O4S. The van der Waals surface area contributed by atoms with E-state index in [1.54, 1.807) is 6.92 Å². The summed E-state index contributed by atoms with van der Waals surface area (Å²) in [6, 6.07) is 4.66. The lowest BCUT2D eigenvalue weighted by Crippen LogP contribution is -2.33. The van der Waals surface area contributed by atoms with Gasteiger partial charge in [0.05, 0.1) is 23.6 Å². The number of methoxy groups -OCH3 is 1. The molecule has 6 nitrogen and oxygen atoms in total. The van der Waals surface area contributed by atoms with Crippen molar-refractivity contribution < 1.29 is 22.3 Å². The van der Waals surface area contributed by atoms with Gasteiger partial charge in [0.2, 0.25) is 10.0 Å². The molecule has 0 spiro atoms. The summed E-state index contributed by atoms with van der Waals surface area (Å²) in [4.78, 5) is 11.2. The predicted octanol–water partition coefficient (Wildman–Crippen LogP) is 1.54. The van der Waals surface area contributed by atoms with Gasteiger partial charge >= 0.3 is 5.97 Å². The molecule has 0 aliphatic rings. The van der Waals surface area contributed by atoms with E-state index in [9.17, 15) is 17.6 Å². The second-order valence-corrected chi connectivity index (χ2v) is 5.94. The Morgan fingerprint density at radius 3 is 2.67 bits per heavy atom. The fourth-order valence-corrected chi connectivity index (χ4v) is 3.39. The number of nitriles is 1. The van der Waals surface area contributed by atoms with Crippen LogP contribution in [0, 0.1) is 17.1 Å². The quantitative estimate of drug-likeness (QED) is 0.743. The Balaban J connectivity index is 3.39. The fraction of sp³-hybridized carbons (Fsp3) is 0.385. The second-order valence-electron chi connectivity index (χ2n) is 4.04. The van der Waals surface area contributed by atoms with Crippen LogP contribution in [0.25, 0.3) is 0 Å². The highest BCUT2D eigenvalue weighted by Crippen LogP contribution is 2.22. The molecule has 0 saturated carbocycles. The molecule has 8 heteroatoms. The van der Waals surface area contributed by atoms with Gasteiger partial charge in [-0.15, -0.1) is 0 Å². The first-order chi connectivity index (χ1) is 9.88. The number of hydrogen-bond donors (Lipinski definition) is 0. The molecule has 0 atom stereocenters. The topological polar surface area (TPSA) is 87.5 Å². The molecule has 1 aromatic rings. The zero-order valence-corrected chi connectivity index (χ0v) is 12.5. The highest BCUT2D eigenvalue weighted by molar-refractivity contribution is 7.89. The summed E-state index contributed by atoms with van der Waals surface area (Å²) in [5, 5.41) is 8.57. The van der Waals surface area contributed by atoms with Gasteiger partial charge in [0.25, 0.3) is 0 Å². The second kappa shape index (κ2) is 7.15. The first-order valence-electron chi connectivity index (χ1n) is 6.13. The van der Waals surface area contributed by atoms with Crippen molar-refractivity contribution in [3.8, 4) is 6.07 Å². The SMILES string of the molecule is CCN(CCC#N)S(=O)(=O)c1cc(F)ccc1C(=O)OC. The molecule has 0 heterocycles. The van der Waals surface area contributed by atoms with Crippen molar-refractivity contribution in [3.63, 3.8) is 0 Å². The average molecular weight is 314 g/mol. The van der Waals surface area contributed by atoms with Crippen molar-refractivity contribution in [2.45, 2.75) is 18.2 Å². The monoisotopic (exact) mass is 314 g/mol. The molecule has 1 rings (SSSR count). The molecule has 0 saturated heterocycles. The summed E-state index contributed by atoms with van der Waals surface area (Å²) >= 11 is 0. The van der Waals surface area contributed by atoms with Gasteiger partial charge in [-0.3, -0.25) is 0 Å². The minimum absolute atomic E-state index is 0.00402. The van der Waals surface area contributed by atoms with Crippen molar-refractivity contribution in [2.24, 2.45) is 0 Å². The molecular weight excluding hydrogens is 299 g/mol. The van der Waals surface area contributed by atoms with Crippen molar-refractivity contribution in [1.29, 1.82) is 5.26 Å². The van der Waals surface area contributed by atoms with E-state index in [-0.39, 0.29) is 25.1 Å². The van der Waals surface area contributed by atoms with Gasteiger partial charge in [0.15, 0.2) is 0 Å². The zero-order valence-electron chi connectivity index (χ0n) is 11.7. The van der Waals surface area contributed by atoms with Gasteiger partial charge in [-0.25, -0.2) is 17.6 Å². The van der Waals surface area contributed by atoms with E-state index in [4.69, 9.17) is 5.26 Å². The third-order valence-corrected chi connectivity index (χ3v) is 4.81. The van der Waals surface area contributed by atoms with Gasteiger partial charge in [0, 0.05) is 19.5 Å². The molecule has 0 N–H and O–H groups in total. The molecule has 114 valence electrons. The van der Waals surface area contributed by atoms with E-state index in [0.717, 1.165) is 29.6 Å². The van der Waals surface area contributed by atoms with Crippen LogP contribution in [0.5, 0.6) is 0 Å². The summed E-state index contributed by atoms with van der Waals surface area (Å²) in [5.74, 6) is -1.65. The maximum Gasteiger partial charge on any atom is 0.339 e. The number of carbonyl (C=O) groups excluding carboxylic acids is 1. The number of benzene rings is 1. The maximum atomic E-state index is 13.4. The van der Waals surface area contributed by atoms with Gasteiger partial charge in [-0.05, 0) is 18.2 Å². The number of ether oxygens (including phenoxy) is 1. The van der Waals surface area contributed by atoms with E-state index in [0.29, 0.717) is 0 Å². The first kappa shape index (κ1) is 17.1. The predicted molar refractivity (Wildman–Crippen MR) is 72.4 cm³/mol. The molecule has 0 aliphatic heterocycles. The molecule has 0 fully saturated rings. The van der Waals surface area contributed by atoms with Crippen molar-refractivity contribution in [2.75, 3.05) is 20.2 Å². The third kappa shape index (κ3) is 3.77. The summed E-state index contributed by atoms with van der Waals surface area (Å²) in [7, 11) is -2.98.